The third kappa shape index (κ3) is 5.36. The largest absolute Gasteiger partial charge is 0.444 e. The van der Waals surface area contributed by atoms with E-state index < -0.39 is 35.8 Å². The molecule has 1 fully saturated rings. The summed E-state index contributed by atoms with van der Waals surface area (Å²) < 4.78 is 34.7. The lowest BCUT2D eigenvalue weighted by Gasteiger charge is -2.25. The van der Waals surface area contributed by atoms with Gasteiger partial charge in [0.25, 0.3) is 11.8 Å². The molecular weight excluding hydrogens is 388 g/mol. The minimum absolute atomic E-state index is 0.0328. The van der Waals surface area contributed by atoms with Crippen LogP contribution in [0, 0.1) is 0 Å². The van der Waals surface area contributed by atoms with Crippen molar-refractivity contribution in [2.75, 3.05) is 19.8 Å². The van der Waals surface area contributed by atoms with Crippen LogP contribution in [0.4, 0.5) is 8.78 Å². The average Bonchev–Trinajstić information content (AvgIpc) is 3.35. The van der Waals surface area contributed by atoms with Crippen LogP contribution in [0.2, 0.25) is 0 Å². The van der Waals surface area contributed by atoms with E-state index in [1.165, 1.54) is 0 Å². The second-order valence-corrected chi connectivity index (χ2v) is 6.73. The minimum atomic E-state index is -2.85. The number of benzene rings is 1. The van der Waals surface area contributed by atoms with Crippen LogP contribution < -0.4 is 10.6 Å². The van der Waals surface area contributed by atoms with Gasteiger partial charge in [0.1, 0.15) is 6.26 Å². The molecule has 8 nitrogen and oxygen atoms in total. The molecule has 3 N–H and O–H groups in total. The highest BCUT2D eigenvalue weighted by molar-refractivity contribution is 5.86. The Morgan fingerprint density at radius 2 is 2.03 bits per heavy atom. The Labute approximate surface area is 165 Å². The van der Waals surface area contributed by atoms with Gasteiger partial charge in [-0.2, -0.15) is 8.78 Å². The third-order valence-electron chi connectivity index (χ3n) is 4.53. The van der Waals surface area contributed by atoms with E-state index in [0.717, 1.165) is 11.8 Å². The zero-order valence-electron chi connectivity index (χ0n) is 15.4. The lowest BCUT2D eigenvalue weighted by atomic mass is 10.0. The fourth-order valence-electron chi connectivity index (χ4n) is 2.91. The maximum atomic E-state index is 12.5. The van der Waals surface area contributed by atoms with Crippen molar-refractivity contribution in [1.29, 1.82) is 0 Å². The number of halogens is 2. The Morgan fingerprint density at radius 1 is 1.28 bits per heavy atom. The fourth-order valence-corrected chi connectivity index (χ4v) is 2.91. The lowest BCUT2D eigenvalue weighted by Crippen LogP contribution is -2.50. The van der Waals surface area contributed by atoms with Gasteiger partial charge in [-0.3, -0.25) is 9.59 Å². The number of aliphatic hydroxyl groups is 1. The van der Waals surface area contributed by atoms with Crippen LogP contribution in [-0.2, 0) is 20.7 Å². The average molecular weight is 409 g/mol. The molecule has 1 aromatic carbocycles. The van der Waals surface area contributed by atoms with E-state index in [1.54, 1.807) is 24.3 Å². The van der Waals surface area contributed by atoms with Crippen LogP contribution in [0.5, 0.6) is 0 Å². The predicted octanol–water partition coefficient (Wildman–Crippen LogP) is 1.28. The number of alkyl halides is 2. The Kier molecular flexibility index (Phi) is 6.55. The second-order valence-electron chi connectivity index (χ2n) is 6.73. The number of hydrogen-bond donors (Lipinski definition) is 3. The molecule has 1 aromatic heterocycles. The molecule has 0 spiro atoms. The van der Waals surface area contributed by atoms with Gasteiger partial charge in [-0.1, -0.05) is 30.3 Å². The van der Waals surface area contributed by atoms with E-state index in [-0.39, 0.29) is 38.3 Å². The SMILES string of the molecule is O=C(Cc1coc(C(F)F)n1)NCC(NC(=O)C1(O)CCOC1)c1ccccc1. The number of rotatable bonds is 8. The van der Waals surface area contributed by atoms with E-state index in [0.29, 0.717) is 0 Å². The van der Waals surface area contributed by atoms with Crippen LogP contribution in [0.15, 0.2) is 41.0 Å². The van der Waals surface area contributed by atoms with Crippen molar-refractivity contribution >= 4 is 11.8 Å². The van der Waals surface area contributed by atoms with E-state index in [1.807, 2.05) is 6.07 Å². The summed E-state index contributed by atoms with van der Waals surface area (Å²) in [6, 6.07) is 8.32. The number of hydrogen-bond acceptors (Lipinski definition) is 6. The van der Waals surface area contributed by atoms with Crippen molar-refractivity contribution in [2.45, 2.75) is 30.9 Å². The van der Waals surface area contributed by atoms with Gasteiger partial charge in [-0.05, 0) is 5.56 Å². The van der Waals surface area contributed by atoms with Gasteiger partial charge < -0.3 is 24.9 Å². The molecule has 2 unspecified atom stereocenters. The highest BCUT2D eigenvalue weighted by atomic mass is 19.3. The van der Waals surface area contributed by atoms with Gasteiger partial charge in [0, 0.05) is 13.0 Å². The van der Waals surface area contributed by atoms with Gasteiger partial charge in [-0.25, -0.2) is 4.98 Å². The summed E-state index contributed by atoms with van der Waals surface area (Å²) in [7, 11) is 0. The predicted molar refractivity (Wildman–Crippen MR) is 95.9 cm³/mol. The summed E-state index contributed by atoms with van der Waals surface area (Å²) in [6.07, 6.45) is -1.91. The molecule has 10 heteroatoms. The second kappa shape index (κ2) is 9.10. The number of aromatic nitrogens is 1. The topological polar surface area (TPSA) is 114 Å². The summed E-state index contributed by atoms with van der Waals surface area (Å²) in [4.78, 5) is 28.2. The van der Waals surface area contributed by atoms with E-state index >= 15 is 0 Å². The zero-order valence-corrected chi connectivity index (χ0v) is 15.4. The lowest BCUT2D eigenvalue weighted by molar-refractivity contribution is -0.140. The first-order valence-electron chi connectivity index (χ1n) is 9.02. The molecule has 1 aliphatic heterocycles. The van der Waals surface area contributed by atoms with Crippen molar-refractivity contribution in [3.63, 3.8) is 0 Å². The molecule has 0 aliphatic carbocycles. The highest BCUT2D eigenvalue weighted by Crippen LogP contribution is 2.21. The molecular formula is C19H21F2N3O5. The van der Waals surface area contributed by atoms with E-state index in [4.69, 9.17) is 4.74 Å². The Balaban J connectivity index is 1.62. The fraction of sp³-hybridized carbons (Fsp3) is 0.421. The van der Waals surface area contributed by atoms with Crippen LogP contribution in [0.25, 0.3) is 0 Å². The summed E-state index contributed by atoms with van der Waals surface area (Å²) in [5.41, 5.74) is -0.802. The van der Waals surface area contributed by atoms with Crippen molar-refractivity contribution in [3.8, 4) is 0 Å². The first-order valence-corrected chi connectivity index (χ1v) is 9.02. The zero-order chi connectivity index (χ0) is 20.9. The van der Waals surface area contributed by atoms with Crippen molar-refractivity contribution in [2.24, 2.45) is 0 Å². The quantitative estimate of drug-likeness (QED) is 0.605. The molecule has 2 atom stereocenters. The van der Waals surface area contributed by atoms with Crippen LogP contribution in [0.1, 0.15) is 36.0 Å². The maximum Gasteiger partial charge on any atom is 0.313 e. The first-order chi connectivity index (χ1) is 13.9. The van der Waals surface area contributed by atoms with Crippen LogP contribution >= 0.6 is 0 Å². The molecule has 2 aromatic rings. The third-order valence-corrected chi connectivity index (χ3v) is 4.53. The number of carbonyl (C=O) groups is 2. The Morgan fingerprint density at radius 3 is 2.66 bits per heavy atom. The summed E-state index contributed by atoms with van der Waals surface area (Å²) in [5.74, 6) is -1.80. The van der Waals surface area contributed by atoms with Gasteiger partial charge in [-0.15, -0.1) is 0 Å². The number of carbonyl (C=O) groups excluding carboxylic acids is 2. The molecule has 3 rings (SSSR count). The van der Waals surface area contributed by atoms with Crippen molar-refractivity contribution in [1.82, 2.24) is 15.6 Å². The number of ether oxygens (including phenoxy) is 1. The maximum absolute atomic E-state index is 12.5. The van der Waals surface area contributed by atoms with Crippen molar-refractivity contribution in [3.05, 3.63) is 53.7 Å². The molecule has 1 saturated heterocycles. The highest BCUT2D eigenvalue weighted by Gasteiger charge is 2.41. The monoisotopic (exact) mass is 409 g/mol. The van der Waals surface area contributed by atoms with Gasteiger partial charge >= 0.3 is 6.43 Å². The summed E-state index contributed by atoms with van der Waals surface area (Å²) in [5, 5.41) is 15.7. The van der Waals surface area contributed by atoms with E-state index in [9.17, 15) is 23.5 Å². The number of amides is 2. The Bertz CT molecular complexity index is 837. The molecule has 2 amide bonds. The minimum Gasteiger partial charge on any atom is -0.444 e. The first kappa shape index (κ1) is 20.9. The normalized spacial score (nSPS) is 19.9. The summed E-state index contributed by atoms with van der Waals surface area (Å²) >= 11 is 0. The molecule has 0 radical (unpaired) electrons. The molecule has 0 bridgehead atoms. The van der Waals surface area contributed by atoms with Crippen LogP contribution in [0.3, 0.4) is 0 Å². The standard InChI is InChI=1S/C19H21F2N3O5/c20-16(21)17-23-13(10-29-17)8-15(25)22-9-14(12-4-2-1-3-5-12)24-18(26)19(27)6-7-28-11-19/h1-5,10,14,16,27H,6-9,11H2,(H,22,25)(H,24,26). The van der Waals surface area contributed by atoms with Gasteiger partial charge in [0.2, 0.25) is 5.91 Å². The van der Waals surface area contributed by atoms with Gasteiger partial charge in [0.15, 0.2) is 5.60 Å². The smallest absolute Gasteiger partial charge is 0.313 e. The van der Waals surface area contributed by atoms with Crippen molar-refractivity contribution < 1.29 is 32.6 Å². The molecule has 156 valence electrons. The number of oxazole rings is 1. The number of nitrogens with zero attached hydrogens (tertiary/aromatic N) is 1. The van der Waals surface area contributed by atoms with Gasteiger partial charge in [0.05, 0.1) is 31.4 Å². The summed E-state index contributed by atoms with van der Waals surface area (Å²) in [6.45, 7) is 0.228. The van der Waals surface area contributed by atoms with E-state index in [2.05, 4.69) is 20.0 Å². The number of nitrogens with one attached hydrogen (secondary N) is 2. The molecule has 1 aliphatic rings. The molecule has 0 saturated carbocycles. The molecule has 2 heterocycles. The molecule has 29 heavy (non-hydrogen) atoms. The van der Waals surface area contributed by atoms with Crippen LogP contribution in [-0.4, -0.2) is 47.3 Å². The Hall–Kier alpha value is -2.85.